The standard InChI is InChI=1S/C8H18O4.9CH4/c1-8(7-11-4-3-9)12-6-5-10-2;;;;;;;;;/h8-9H,3-7H2,1-2H3;9*1H4. The maximum absolute atomic E-state index is 8.41. The van der Waals surface area contributed by atoms with Gasteiger partial charge >= 0.3 is 0 Å². The molecule has 0 rings (SSSR count). The first-order valence-electron chi connectivity index (χ1n) is 4.10. The minimum Gasteiger partial charge on any atom is -0.394 e. The van der Waals surface area contributed by atoms with Crippen molar-refractivity contribution in [2.45, 2.75) is 79.9 Å². The molecule has 0 heterocycles. The Morgan fingerprint density at radius 1 is 0.762 bits per heavy atom. The van der Waals surface area contributed by atoms with Crippen LogP contribution in [0.1, 0.15) is 73.8 Å². The average Bonchev–Trinajstić information content (AvgIpc) is 2.06. The molecule has 0 aliphatic heterocycles. The smallest absolute Gasteiger partial charge is 0.0781 e. The number of ether oxygens (including phenoxy) is 3. The summed E-state index contributed by atoms with van der Waals surface area (Å²) < 4.78 is 15.2. The van der Waals surface area contributed by atoms with Crippen molar-refractivity contribution in [2.75, 3.05) is 40.1 Å². The minimum atomic E-state index is 0. The van der Waals surface area contributed by atoms with Crippen LogP contribution in [0, 0.1) is 0 Å². The van der Waals surface area contributed by atoms with E-state index in [-0.39, 0.29) is 79.6 Å². The molecule has 21 heavy (non-hydrogen) atoms. The summed E-state index contributed by atoms with van der Waals surface area (Å²) in [5.41, 5.74) is 0. The van der Waals surface area contributed by atoms with Crippen LogP contribution in [0.2, 0.25) is 0 Å². The third kappa shape index (κ3) is 65.2. The third-order valence-corrected chi connectivity index (χ3v) is 1.28. The van der Waals surface area contributed by atoms with Crippen LogP contribution in [0.4, 0.5) is 0 Å². The first kappa shape index (κ1) is 69.8. The lowest BCUT2D eigenvalue weighted by atomic mass is 10.4. The fourth-order valence-corrected chi connectivity index (χ4v) is 0.695. The van der Waals surface area contributed by atoms with Gasteiger partial charge in [-0.05, 0) is 6.92 Å². The average molecular weight is 323 g/mol. The van der Waals surface area contributed by atoms with Gasteiger partial charge < -0.3 is 19.3 Å². The molecule has 1 unspecified atom stereocenters. The Morgan fingerprint density at radius 3 is 1.52 bits per heavy atom. The quantitative estimate of drug-likeness (QED) is 0.576. The second-order valence-electron chi connectivity index (χ2n) is 2.47. The van der Waals surface area contributed by atoms with Gasteiger partial charge in [0.15, 0.2) is 0 Å². The number of hydrogen-bond acceptors (Lipinski definition) is 4. The maximum atomic E-state index is 8.41. The summed E-state index contributed by atoms with van der Waals surface area (Å²) in [7, 11) is 1.64. The molecule has 0 amide bonds. The van der Waals surface area contributed by atoms with Gasteiger partial charge in [0.2, 0.25) is 0 Å². The fraction of sp³-hybridized carbons (Fsp3) is 1.00. The van der Waals surface area contributed by atoms with Crippen molar-refractivity contribution in [1.82, 2.24) is 0 Å². The van der Waals surface area contributed by atoms with Crippen LogP contribution < -0.4 is 0 Å². The molecule has 0 spiro atoms. The van der Waals surface area contributed by atoms with Gasteiger partial charge in [0, 0.05) is 7.11 Å². The molecule has 4 heteroatoms. The summed E-state index contributed by atoms with van der Waals surface area (Å²) >= 11 is 0. The Labute approximate surface area is 140 Å². The number of methoxy groups -OCH3 is 1. The van der Waals surface area contributed by atoms with Gasteiger partial charge in [-0.1, -0.05) is 66.8 Å². The van der Waals surface area contributed by atoms with Gasteiger partial charge in [0.05, 0.1) is 39.1 Å². The van der Waals surface area contributed by atoms with Crippen molar-refractivity contribution >= 4 is 0 Å². The molecule has 0 aliphatic rings. The molecule has 4 nitrogen and oxygen atoms in total. The third-order valence-electron chi connectivity index (χ3n) is 1.28. The number of hydrogen-bond donors (Lipinski definition) is 1. The van der Waals surface area contributed by atoms with Gasteiger partial charge in [0.25, 0.3) is 0 Å². The first-order valence-corrected chi connectivity index (χ1v) is 4.10. The number of aliphatic hydroxyl groups is 1. The van der Waals surface area contributed by atoms with Crippen LogP contribution in [-0.2, 0) is 14.2 Å². The van der Waals surface area contributed by atoms with Gasteiger partial charge in [0.1, 0.15) is 0 Å². The highest BCUT2D eigenvalue weighted by Crippen LogP contribution is 1.91. The Balaban J connectivity index is -0.0000000168. The maximum Gasteiger partial charge on any atom is 0.0781 e. The normalized spacial score (nSPS) is 7.57. The van der Waals surface area contributed by atoms with Crippen molar-refractivity contribution in [3.8, 4) is 0 Å². The predicted octanol–water partition coefficient (Wildman–Crippen LogP) is 5.77. The number of rotatable bonds is 8. The minimum absolute atomic E-state index is 0. The van der Waals surface area contributed by atoms with E-state index in [4.69, 9.17) is 19.3 Å². The molecule has 0 aromatic rings. The second-order valence-corrected chi connectivity index (χ2v) is 2.47. The molecule has 0 saturated carbocycles. The van der Waals surface area contributed by atoms with Crippen LogP contribution >= 0.6 is 0 Å². The summed E-state index contributed by atoms with van der Waals surface area (Å²) in [4.78, 5) is 0. The van der Waals surface area contributed by atoms with Crippen molar-refractivity contribution in [2.24, 2.45) is 0 Å². The monoisotopic (exact) mass is 322 g/mol. The molecule has 0 aromatic carbocycles. The Bertz CT molecular complexity index is 80.9. The van der Waals surface area contributed by atoms with Crippen molar-refractivity contribution in [3.63, 3.8) is 0 Å². The van der Waals surface area contributed by atoms with E-state index in [1.165, 1.54) is 0 Å². The molecule has 1 N–H and O–H groups in total. The highest BCUT2D eigenvalue weighted by atomic mass is 16.5. The molecule has 146 valence electrons. The van der Waals surface area contributed by atoms with E-state index in [1.807, 2.05) is 6.92 Å². The Morgan fingerprint density at radius 2 is 1.19 bits per heavy atom. The lowest BCUT2D eigenvalue weighted by Gasteiger charge is -2.12. The zero-order valence-corrected chi connectivity index (χ0v) is 7.78. The molecule has 0 aliphatic carbocycles. The van der Waals surface area contributed by atoms with Crippen molar-refractivity contribution < 1.29 is 19.3 Å². The van der Waals surface area contributed by atoms with E-state index in [2.05, 4.69) is 0 Å². The van der Waals surface area contributed by atoms with Gasteiger partial charge in [-0.2, -0.15) is 0 Å². The van der Waals surface area contributed by atoms with Crippen molar-refractivity contribution in [3.05, 3.63) is 0 Å². The largest absolute Gasteiger partial charge is 0.394 e. The van der Waals surface area contributed by atoms with Crippen LogP contribution in [0.3, 0.4) is 0 Å². The van der Waals surface area contributed by atoms with E-state index in [0.29, 0.717) is 26.4 Å². The molecule has 0 radical (unpaired) electrons. The summed E-state index contributed by atoms with van der Waals surface area (Å²) in [6.07, 6.45) is 0.0618. The van der Waals surface area contributed by atoms with Crippen LogP contribution in [0.25, 0.3) is 0 Å². The van der Waals surface area contributed by atoms with Gasteiger partial charge in [-0.25, -0.2) is 0 Å². The van der Waals surface area contributed by atoms with E-state index in [9.17, 15) is 0 Å². The lowest BCUT2D eigenvalue weighted by Crippen LogP contribution is -2.19. The molecular formula is C17H54O4. The van der Waals surface area contributed by atoms with Crippen LogP contribution in [0.5, 0.6) is 0 Å². The lowest BCUT2D eigenvalue weighted by molar-refractivity contribution is -0.0292. The van der Waals surface area contributed by atoms with E-state index < -0.39 is 0 Å². The zero-order chi connectivity index (χ0) is 9.23. The van der Waals surface area contributed by atoms with Gasteiger partial charge in [-0.3, -0.25) is 0 Å². The van der Waals surface area contributed by atoms with Gasteiger partial charge in [-0.15, -0.1) is 0 Å². The summed E-state index contributed by atoms with van der Waals surface area (Å²) in [5.74, 6) is 0. The first-order chi connectivity index (χ1) is 5.81. The molecule has 1 atom stereocenters. The van der Waals surface area contributed by atoms with E-state index in [0.717, 1.165) is 0 Å². The summed E-state index contributed by atoms with van der Waals surface area (Å²) in [6, 6.07) is 0. The highest BCUT2D eigenvalue weighted by molar-refractivity contribution is 4.46. The second kappa shape index (κ2) is 59.9. The fourth-order valence-electron chi connectivity index (χ4n) is 0.695. The van der Waals surface area contributed by atoms with E-state index in [1.54, 1.807) is 7.11 Å². The summed E-state index contributed by atoms with van der Waals surface area (Å²) in [6.45, 7) is 4.06. The van der Waals surface area contributed by atoms with Crippen LogP contribution in [0.15, 0.2) is 0 Å². The molecule has 0 bridgehead atoms. The van der Waals surface area contributed by atoms with Crippen molar-refractivity contribution in [1.29, 1.82) is 0 Å². The van der Waals surface area contributed by atoms with Crippen LogP contribution in [-0.4, -0.2) is 51.4 Å². The molecule has 0 aromatic heterocycles. The zero-order valence-electron chi connectivity index (χ0n) is 7.78. The Hall–Kier alpha value is -0.160. The predicted molar refractivity (Wildman–Crippen MR) is 106 cm³/mol. The SMILES string of the molecule is C.C.C.C.C.C.C.C.C.COCCOC(C)COCCO. The Kier molecular flexibility index (Phi) is 199. The summed E-state index contributed by atoms with van der Waals surface area (Å²) in [5, 5.41) is 8.41. The molecular weight excluding hydrogens is 268 g/mol. The number of aliphatic hydroxyl groups excluding tert-OH is 1. The highest BCUT2D eigenvalue weighted by Gasteiger charge is 2.00. The molecule has 0 saturated heterocycles. The van der Waals surface area contributed by atoms with E-state index >= 15 is 0 Å². The topological polar surface area (TPSA) is 47.9 Å². The molecule has 0 fully saturated rings.